The normalized spacial score (nSPS) is 15.7. The Morgan fingerprint density at radius 3 is 2.50 bits per heavy atom. The second-order valence-corrected chi connectivity index (χ2v) is 8.75. The lowest BCUT2D eigenvalue weighted by Crippen LogP contribution is -2.48. The van der Waals surface area contributed by atoms with Crippen molar-refractivity contribution in [3.05, 3.63) is 66.2 Å². The van der Waals surface area contributed by atoms with Gasteiger partial charge in [-0.05, 0) is 29.8 Å². The molecule has 7 nitrogen and oxygen atoms in total. The van der Waals surface area contributed by atoms with Crippen LogP contribution in [0.15, 0.2) is 65.7 Å². The molecule has 0 saturated carbocycles. The summed E-state index contributed by atoms with van der Waals surface area (Å²) in [7, 11) is 0. The molecule has 164 valence electrons. The highest BCUT2D eigenvalue weighted by Crippen LogP contribution is 2.32. The zero-order valence-corrected chi connectivity index (χ0v) is 18.5. The zero-order chi connectivity index (χ0) is 21.8. The van der Waals surface area contributed by atoms with E-state index in [1.54, 1.807) is 0 Å². The topological polar surface area (TPSA) is 67.8 Å². The van der Waals surface area contributed by atoms with Crippen molar-refractivity contribution in [2.45, 2.75) is 11.6 Å². The standard InChI is InChI=1S/C24H24N4O3S/c29-24(16-32-23-9-7-20(25-26-23)19-4-2-1-3-5-19)28-12-10-27(11-13-28)15-18-6-8-21-22(14-18)31-17-30-21/h1-9,14H,10-13,15-17H2. The molecule has 8 heteroatoms. The summed E-state index contributed by atoms with van der Waals surface area (Å²) in [5.41, 5.74) is 3.06. The molecule has 0 aliphatic carbocycles. The van der Waals surface area contributed by atoms with Gasteiger partial charge in [0.25, 0.3) is 0 Å². The summed E-state index contributed by atoms with van der Waals surface area (Å²) in [5, 5.41) is 9.33. The number of hydrogen-bond acceptors (Lipinski definition) is 7. The molecule has 2 aliphatic rings. The van der Waals surface area contributed by atoms with E-state index < -0.39 is 0 Å². The van der Waals surface area contributed by atoms with Gasteiger partial charge in [-0.3, -0.25) is 9.69 Å². The third-order valence-corrected chi connectivity index (χ3v) is 6.53. The van der Waals surface area contributed by atoms with Crippen LogP contribution in [0.1, 0.15) is 5.56 Å². The number of piperazine rings is 1. The summed E-state index contributed by atoms with van der Waals surface area (Å²) < 4.78 is 10.8. The predicted molar refractivity (Wildman–Crippen MR) is 123 cm³/mol. The second kappa shape index (κ2) is 9.58. The molecule has 1 aromatic heterocycles. The van der Waals surface area contributed by atoms with Crippen molar-refractivity contribution in [1.29, 1.82) is 0 Å². The molecule has 1 amide bonds. The molecular weight excluding hydrogens is 424 g/mol. The molecule has 0 radical (unpaired) electrons. The van der Waals surface area contributed by atoms with E-state index in [9.17, 15) is 4.79 Å². The minimum Gasteiger partial charge on any atom is -0.454 e. The van der Waals surface area contributed by atoms with Crippen LogP contribution in [-0.2, 0) is 11.3 Å². The maximum absolute atomic E-state index is 12.7. The van der Waals surface area contributed by atoms with Gasteiger partial charge in [-0.1, -0.05) is 48.2 Å². The van der Waals surface area contributed by atoms with Crippen LogP contribution in [0.4, 0.5) is 0 Å². The van der Waals surface area contributed by atoms with Crippen molar-refractivity contribution in [2.75, 3.05) is 38.7 Å². The number of nitrogens with zero attached hydrogens (tertiary/aromatic N) is 4. The van der Waals surface area contributed by atoms with Gasteiger partial charge in [0.2, 0.25) is 12.7 Å². The van der Waals surface area contributed by atoms with E-state index >= 15 is 0 Å². The van der Waals surface area contributed by atoms with Crippen LogP contribution in [0.3, 0.4) is 0 Å². The number of amides is 1. The first kappa shape index (κ1) is 20.8. The number of fused-ring (bicyclic) bond motifs is 1. The first-order chi connectivity index (χ1) is 15.7. The van der Waals surface area contributed by atoms with Crippen molar-refractivity contribution in [2.24, 2.45) is 0 Å². The molecule has 2 aromatic carbocycles. The molecule has 0 bridgehead atoms. The second-order valence-electron chi connectivity index (χ2n) is 7.76. The summed E-state index contributed by atoms with van der Waals surface area (Å²) in [4.78, 5) is 17.0. The minimum absolute atomic E-state index is 0.145. The molecule has 5 rings (SSSR count). The Bertz CT molecular complexity index is 1070. The number of ether oxygens (including phenoxy) is 2. The molecule has 1 saturated heterocycles. The number of carbonyl (C=O) groups is 1. The minimum atomic E-state index is 0.145. The molecule has 0 unspecified atom stereocenters. The van der Waals surface area contributed by atoms with Gasteiger partial charge in [0.1, 0.15) is 5.03 Å². The van der Waals surface area contributed by atoms with Gasteiger partial charge >= 0.3 is 0 Å². The monoisotopic (exact) mass is 448 g/mol. The van der Waals surface area contributed by atoms with Crippen molar-refractivity contribution in [3.63, 3.8) is 0 Å². The maximum Gasteiger partial charge on any atom is 0.233 e. The van der Waals surface area contributed by atoms with Crippen LogP contribution >= 0.6 is 11.8 Å². The summed E-state index contributed by atoms with van der Waals surface area (Å²) >= 11 is 1.44. The van der Waals surface area contributed by atoms with E-state index in [0.717, 1.165) is 60.5 Å². The summed E-state index contributed by atoms with van der Waals surface area (Å²) in [5.74, 6) is 2.14. The van der Waals surface area contributed by atoms with Gasteiger partial charge in [0.15, 0.2) is 11.5 Å². The van der Waals surface area contributed by atoms with Gasteiger partial charge in [-0.25, -0.2) is 0 Å². The number of aromatic nitrogens is 2. The highest BCUT2D eigenvalue weighted by Gasteiger charge is 2.22. The molecule has 2 aliphatic heterocycles. The van der Waals surface area contributed by atoms with Crippen molar-refractivity contribution in [3.8, 4) is 22.8 Å². The van der Waals surface area contributed by atoms with E-state index in [2.05, 4.69) is 21.2 Å². The Balaban J connectivity index is 1.08. The van der Waals surface area contributed by atoms with Gasteiger partial charge in [-0.2, -0.15) is 0 Å². The molecule has 3 aromatic rings. The van der Waals surface area contributed by atoms with E-state index in [1.165, 1.54) is 17.3 Å². The predicted octanol–water partition coefficient (Wildman–Crippen LogP) is 3.31. The maximum atomic E-state index is 12.7. The fourth-order valence-corrected chi connectivity index (χ4v) is 4.56. The fraction of sp³-hybridized carbons (Fsp3) is 0.292. The third kappa shape index (κ3) is 4.87. The van der Waals surface area contributed by atoms with Crippen LogP contribution in [0.2, 0.25) is 0 Å². The summed E-state index contributed by atoms with van der Waals surface area (Å²) in [6, 6.07) is 19.9. The summed E-state index contributed by atoms with van der Waals surface area (Å²) in [6.07, 6.45) is 0. The highest BCUT2D eigenvalue weighted by atomic mass is 32.2. The van der Waals surface area contributed by atoms with Crippen LogP contribution < -0.4 is 9.47 Å². The lowest BCUT2D eigenvalue weighted by atomic mass is 10.1. The van der Waals surface area contributed by atoms with E-state index in [1.807, 2.05) is 59.5 Å². The average molecular weight is 449 g/mol. The number of carbonyl (C=O) groups excluding carboxylic acids is 1. The Kier molecular flexibility index (Phi) is 6.22. The summed E-state index contributed by atoms with van der Waals surface area (Å²) in [6.45, 7) is 4.33. The van der Waals surface area contributed by atoms with Gasteiger partial charge in [0.05, 0.1) is 11.4 Å². The molecule has 0 N–H and O–H groups in total. The lowest BCUT2D eigenvalue weighted by molar-refractivity contribution is -0.130. The Morgan fingerprint density at radius 2 is 1.72 bits per heavy atom. The van der Waals surface area contributed by atoms with E-state index in [4.69, 9.17) is 9.47 Å². The van der Waals surface area contributed by atoms with Crippen molar-refractivity contribution >= 4 is 17.7 Å². The Morgan fingerprint density at radius 1 is 0.906 bits per heavy atom. The number of rotatable bonds is 6. The van der Waals surface area contributed by atoms with Crippen LogP contribution in [0.5, 0.6) is 11.5 Å². The van der Waals surface area contributed by atoms with Crippen LogP contribution in [0.25, 0.3) is 11.3 Å². The zero-order valence-electron chi connectivity index (χ0n) is 17.6. The number of hydrogen-bond donors (Lipinski definition) is 0. The lowest BCUT2D eigenvalue weighted by Gasteiger charge is -2.34. The van der Waals surface area contributed by atoms with E-state index in [0.29, 0.717) is 12.5 Å². The largest absolute Gasteiger partial charge is 0.454 e. The molecule has 1 fully saturated rings. The van der Waals surface area contributed by atoms with Gasteiger partial charge in [-0.15, -0.1) is 10.2 Å². The van der Waals surface area contributed by atoms with Crippen LogP contribution in [-0.4, -0.2) is 64.6 Å². The molecule has 0 atom stereocenters. The highest BCUT2D eigenvalue weighted by molar-refractivity contribution is 7.99. The Hall–Kier alpha value is -3.10. The van der Waals surface area contributed by atoms with Gasteiger partial charge < -0.3 is 14.4 Å². The van der Waals surface area contributed by atoms with Crippen molar-refractivity contribution < 1.29 is 14.3 Å². The van der Waals surface area contributed by atoms with Crippen molar-refractivity contribution in [1.82, 2.24) is 20.0 Å². The third-order valence-electron chi connectivity index (χ3n) is 5.62. The fourth-order valence-electron chi connectivity index (χ4n) is 3.84. The SMILES string of the molecule is O=C(CSc1ccc(-c2ccccc2)nn1)N1CCN(Cc2ccc3c(c2)OCO3)CC1. The molecule has 32 heavy (non-hydrogen) atoms. The first-order valence-electron chi connectivity index (χ1n) is 10.7. The quantitative estimate of drug-likeness (QED) is 0.536. The number of thioether (sulfide) groups is 1. The molecule has 3 heterocycles. The van der Waals surface area contributed by atoms with E-state index in [-0.39, 0.29) is 5.91 Å². The molecular formula is C24H24N4O3S. The first-order valence-corrected chi connectivity index (χ1v) is 11.6. The Labute approximate surface area is 191 Å². The van der Waals surface area contributed by atoms with Crippen LogP contribution in [0, 0.1) is 0 Å². The number of benzene rings is 2. The van der Waals surface area contributed by atoms with Gasteiger partial charge in [0, 0.05) is 38.3 Å². The molecule has 0 spiro atoms. The average Bonchev–Trinajstić information content (AvgIpc) is 3.32. The smallest absolute Gasteiger partial charge is 0.233 e.